The van der Waals surface area contributed by atoms with Gasteiger partial charge in [-0.2, -0.15) is 0 Å². The molecule has 0 saturated heterocycles. The number of nitro benzene ring substituents is 1. The van der Waals surface area contributed by atoms with Crippen LogP contribution in [0.3, 0.4) is 0 Å². The van der Waals surface area contributed by atoms with Gasteiger partial charge in [-0.15, -0.1) is 5.10 Å². The second kappa shape index (κ2) is 6.29. The number of nitrogens with zero attached hydrogens (tertiary/aromatic N) is 4. The van der Waals surface area contributed by atoms with Crippen LogP contribution in [0.2, 0.25) is 5.02 Å². The van der Waals surface area contributed by atoms with Crippen molar-refractivity contribution in [3.8, 4) is 0 Å². The Labute approximate surface area is 123 Å². The number of benzene rings is 1. The first-order valence-corrected chi connectivity index (χ1v) is 6.20. The molecule has 1 aromatic heterocycles. The average molecular weight is 311 g/mol. The number of aromatic nitrogens is 3. The summed E-state index contributed by atoms with van der Waals surface area (Å²) in [7, 11) is 0. The molecule has 2 rings (SSSR count). The highest BCUT2D eigenvalue weighted by atomic mass is 35.5. The Hall–Kier alpha value is -2.52. The van der Waals surface area contributed by atoms with Crippen LogP contribution in [0.1, 0.15) is 5.69 Å². The fourth-order valence-corrected chi connectivity index (χ4v) is 1.79. The summed E-state index contributed by atoms with van der Waals surface area (Å²) in [5.74, 6) is -0.492. The van der Waals surface area contributed by atoms with Gasteiger partial charge in [0.05, 0.1) is 16.8 Å². The minimum Gasteiger partial charge on any atom is -0.325 e. The maximum atomic E-state index is 11.9. The van der Waals surface area contributed by atoms with E-state index in [4.69, 9.17) is 17.3 Å². The summed E-state index contributed by atoms with van der Waals surface area (Å²) >= 11 is 5.77. The first-order valence-electron chi connectivity index (χ1n) is 5.82. The van der Waals surface area contributed by atoms with Crippen molar-refractivity contribution < 1.29 is 9.72 Å². The van der Waals surface area contributed by atoms with E-state index in [2.05, 4.69) is 15.6 Å². The first kappa shape index (κ1) is 14.9. The number of rotatable bonds is 5. The summed E-state index contributed by atoms with van der Waals surface area (Å²) in [4.78, 5) is 22.2. The molecule has 0 saturated carbocycles. The zero-order valence-electron chi connectivity index (χ0n) is 10.7. The summed E-state index contributed by atoms with van der Waals surface area (Å²) in [6.07, 6.45) is 1.52. The van der Waals surface area contributed by atoms with Crippen molar-refractivity contribution in [2.75, 3.05) is 5.32 Å². The van der Waals surface area contributed by atoms with Gasteiger partial charge in [-0.05, 0) is 12.1 Å². The SMILES string of the molecule is NCc1cn(CC(=O)Nc2cc(Cl)ccc2[N+](=O)[O-])nn1. The number of hydrogen-bond donors (Lipinski definition) is 2. The average Bonchev–Trinajstić information content (AvgIpc) is 2.85. The zero-order chi connectivity index (χ0) is 15.4. The lowest BCUT2D eigenvalue weighted by Gasteiger charge is -2.06. The van der Waals surface area contributed by atoms with Crippen molar-refractivity contribution in [2.24, 2.45) is 5.73 Å². The zero-order valence-corrected chi connectivity index (χ0v) is 11.4. The molecule has 110 valence electrons. The molecule has 1 amide bonds. The Morgan fingerprint density at radius 1 is 1.52 bits per heavy atom. The molecule has 21 heavy (non-hydrogen) atoms. The number of halogens is 1. The number of hydrogen-bond acceptors (Lipinski definition) is 6. The number of carbonyl (C=O) groups excluding carboxylic acids is 1. The van der Waals surface area contributed by atoms with Gasteiger partial charge in [0.2, 0.25) is 5.91 Å². The summed E-state index contributed by atoms with van der Waals surface area (Å²) in [5, 5.41) is 21.0. The molecule has 0 aliphatic heterocycles. The topological polar surface area (TPSA) is 129 Å². The van der Waals surface area contributed by atoms with Crippen molar-refractivity contribution in [2.45, 2.75) is 13.1 Å². The van der Waals surface area contributed by atoms with Gasteiger partial charge in [-0.3, -0.25) is 14.9 Å². The third kappa shape index (κ3) is 3.74. The summed E-state index contributed by atoms with van der Waals surface area (Å²) < 4.78 is 1.29. The molecule has 0 radical (unpaired) electrons. The van der Waals surface area contributed by atoms with Crippen LogP contribution >= 0.6 is 11.6 Å². The van der Waals surface area contributed by atoms with Gasteiger partial charge < -0.3 is 11.1 Å². The van der Waals surface area contributed by atoms with Gasteiger partial charge in [0, 0.05) is 17.6 Å². The number of nitro groups is 1. The van der Waals surface area contributed by atoms with E-state index in [1.54, 1.807) is 0 Å². The maximum absolute atomic E-state index is 11.9. The molecule has 9 nitrogen and oxygen atoms in total. The second-order valence-corrected chi connectivity index (χ2v) is 4.51. The van der Waals surface area contributed by atoms with E-state index >= 15 is 0 Å². The van der Waals surface area contributed by atoms with E-state index in [1.165, 1.54) is 29.1 Å². The van der Waals surface area contributed by atoms with Crippen LogP contribution in [0.4, 0.5) is 11.4 Å². The molecule has 2 aromatic rings. The van der Waals surface area contributed by atoms with Gasteiger partial charge in [0.15, 0.2) is 0 Å². The quantitative estimate of drug-likeness (QED) is 0.624. The van der Waals surface area contributed by atoms with Crippen molar-refractivity contribution in [3.05, 3.63) is 45.2 Å². The highest BCUT2D eigenvalue weighted by Crippen LogP contribution is 2.27. The lowest BCUT2D eigenvalue weighted by atomic mass is 10.2. The molecule has 3 N–H and O–H groups in total. The summed E-state index contributed by atoms with van der Waals surface area (Å²) in [6.45, 7) is 0.0675. The normalized spacial score (nSPS) is 10.4. The van der Waals surface area contributed by atoms with Crippen LogP contribution in [0, 0.1) is 10.1 Å². The van der Waals surface area contributed by atoms with Crippen molar-refractivity contribution in [1.29, 1.82) is 0 Å². The highest BCUT2D eigenvalue weighted by molar-refractivity contribution is 6.31. The van der Waals surface area contributed by atoms with Crippen molar-refractivity contribution in [3.63, 3.8) is 0 Å². The van der Waals surface area contributed by atoms with Gasteiger partial charge >= 0.3 is 0 Å². The van der Waals surface area contributed by atoms with Crippen LogP contribution in [-0.2, 0) is 17.9 Å². The molecular formula is C11H11ClN6O3. The summed E-state index contributed by atoms with van der Waals surface area (Å²) in [6, 6.07) is 3.91. The predicted octanol–water partition coefficient (Wildman–Crippen LogP) is 0.937. The molecule has 0 spiro atoms. The van der Waals surface area contributed by atoms with Gasteiger partial charge in [-0.25, -0.2) is 4.68 Å². The minimum absolute atomic E-state index is 0.0247. The minimum atomic E-state index is -0.603. The standard InChI is InChI=1S/C11H11ClN6O3/c12-7-1-2-10(18(20)21)9(3-7)14-11(19)6-17-5-8(4-13)15-16-17/h1-3,5H,4,6,13H2,(H,14,19). The molecule has 0 fully saturated rings. The van der Waals surface area contributed by atoms with Crippen molar-refractivity contribution >= 4 is 28.9 Å². The molecule has 0 atom stereocenters. The van der Waals surface area contributed by atoms with E-state index in [0.29, 0.717) is 5.69 Å². The van der Waals surface area contributed by atoms with E-state index in [-0.39, 0.29) is 29.5 Å². The number of amides is 1. The molecule has 0 unspecified atom stereocenters. The van der Waals surface area contributed by atoms with E-state index < -0.39 is 10.8 Å². The fraction of sp³-hybridized carbons (Fsp3) is 0.182. The number of anilines is 1. The van der Waals surface area contributed by atoms with Gasteiger partial charge in [-0.1, -0.05) is 16.8 Å². The third-order valence-electron chi connectivity index (χ3n) is 2.53. The van der Waals surface area contributed by atoms with Gasteiger partial charge in [0.1, 0.15) is 12.2 Å². The number of nitrogens with two attached hydrogens (primary N) is 1. The molecule has 0 bridgehead atoms. The third-order valence-corrected chi connectivity index (χ3v) is 2.77. The Kier molecular flexibility index (Phi) is 4.45. The number of nitrogens with one attached hydrogen (secondary N) is 1. The van der Waals surface area contributed by atoms with Crippen LogP contribution < -0.4 is 11.1 Å². The van der Waals surface area contributed by atoms with Gasteiger partial charge in [0.25, 0.3) is 5.69 Å². The molecule has 1 aromatic carbocycles. The monoisotopic (exact) mass is 310 g/mol. The Bertz CT molecular complexity index is 686. The lowest BCUT2D eigenvalue weighted by molar-refractivity contribution is -0.383. The smallest absolute Gasteiger partial charge is 0.292 e. The van der Waals surface area contributed by atoms with Crippen LogP contribution in [0.25, 0.3) is 0 Å². The Balaban J connectivity index is 2.12. The molecule has 10 heteroatoms. The maximum Gasteiger partial charge on any atom is 0.292 e. The van der Waals surface area contributed by atoms with Crippen LogP contribution in [0.5, 0.6) is 0 Å². The molecule has 0 aliphatic carbocycles. The number of carbonyl (C=O) groups is 1. The largest absolute Gasteiger partial charge is 0.325 e. The predicted molar refractivity (Wildman–Crippen MR) is 74.6 cm³/mol. The van der Waals surface area contributed by atoms with E-state index in [1.807, 2.05) is 0 Å². The van der Waals surface area contributed by atoms with Crippen LogP contribution in [0.15, 0.2) is 24.4 Å². The van der Waals surface area contributed by atoms with E-state index in [9.17, 15) is 14.9 Å². The Morgan fingerprint density at radius 3 is 2.90 bits per heavy atom. The first-order chi connectivity index (χ1) is 9.99. The lowest BCUT2D eigenvalue weighted by Crippen LogP contribution is -2.19. The molecular weight excluding hydrogens is 300 g/mol. The highest BCUT2D eigenvalue weighted by Gasteiger charge is 2.16. The second-order valence-electron chi connectivity index (χ2n) is 4.08. The fourth-order valence-electron chi connectivity index (χ4n) is 1.61. The van der Waals surface area contributed by atoms with Crippen molar-refractivity contribution in [1.82, 2.24) is 15.0 Å². The van der Waals surface area contributed by atoms with Crippen LogP contribution in [-0.4, -0.2) is 25.8 Å². The molecule has 0 aliphatic rings. The Morgan fingerprint density at radius 2 is 2.29 bits per heavy atom. The molecule has 1 heterocycles. The summed E-state index contributed by atoms with van der Waals surface area (Å²) in [5.41, 5.74) is 5.70. The van der Waals surface area contributed by atoms with E-state index in [0.717, 1.165) is 0 Å².